The molecule has 0 spiro atoms. The molecule has 0 unspecified atom stereocenters. The third-order valence-corrected chi connectivity index (χ3v) is 6.89. The van der Waals surface area contributed by atoms with Crippen molar-refractivity contribution in [1.29, 1.82) is 0 Å². The minimum absolute atomic E-state index is 0.0553. The van der Waals surface area contributed by atoms with Gasteiger partial charge < -0.3 is 10.1 Å². The van der Waals surface area contributed by atoms with Gasteiger partial charge in [-0.05, 0) is 61.5 Å². The highest BCUT2D eigenvalue weighted by Gasteiger charge is 2.18. The third kappa shape index (κ3) is 6.68. The summed E-state index contributed by atoms with van der Waals surface area (Å²) >= 11 is 6.01. The molecule has 1 amide bonds. The van der Waals surface area contributed by atoms with E-state index in [2.05, 4.69) is 10.0 Å². The predicted molar refractivity (Wildman–Crippen MR) is 125 cm³/mol. The maximum atomic E-state index is 12.7. The molecular formula is C21H20ClN3O6S2. The van der Waals surface area contributed by atoms with Crippen molar-refractivity contribution in [3.05, 3.63) is 77.3 Å². The number of nitrogens with two attached hydrogens (primary N) is 1. The molecule has 3 rings (SSSR count). The zero-order valence-corrected chi connectivity index (χ0v) is 19.7. The molecule has 0 aliphatic carbocycles. The Kier molecular flexibility index (Phi) is 7.28. The van der Waals surface area contributed by atoms with Gasteiger partial charge in [0.2, 0.25) is 10.0 Å². The highest BCUT2D eigenvalue weighted by molar-refractivity contribution is 7.92. The fourth-order valence-corrected chi connectivity index (χ4v) is 4.45. The molecule has 0 aromatic heterocycles. The number of sulfonamides is 2. The average Bonchev–Trinajstić information content (AvgIpc) is 2.73. The molecule has 3 aromatic rings. The second-order valence-corrected chi connectivity index (χ2v) is 10.6. The molecule has 4 N–H and O–H groups in total. The zero-order valence-electron chi connectivity index (χ0n) is 17.3. The van der Waals surface area contributed by atoms with Gasteiger partial charge in [-0.15, -0.1) is 0 Å². The Labute approximate surface area is 196 Å². The lowest BCUT2D eigenvalue weighted by molar-refractivity contribution is -0.118. The van der Waals surface area contributed by atoms with Crippen LogP contribution in [0.5, 0.6) is 5.75 Å². The van der Waals surface area contributed by atoms with Crippen LogP contribution in [0, 0.1) is 6.92 Å². The van der Waals surface area contributed by atoms with Crippen molar-refractivity contribution >= 4 is 48.9 Å². The van der Waals surface area contributed by atoms with Gasteiger partial charge >= 0.3 is 0 Å². The van der Waals surface area contributed by atoms with Crippen LogP contribution in [-0.4, -0.2) is 29.3 Å². The van der Waals surface area contributed by atoms with E-state index < -0.39 is 32.6 Å². The molecule has 12 heteroatoms. The van der Waals surface area contributed by atoms with Gasteiger partial charge in [0.25, 0.3) is 15.9 Å². The number of aryl methyl sites for hydroxylation is 1. The van der Waals surface area contributed by atoms with Crippen molar-refractivity contribution in [2.45, 2.75) is 16.7 Å². The minimum Gasteiger partial charge on any atom is -0.482 e. The van der Waals surface area contributed by atoms with Gasteiger partial charge in [-0.2, -0.15) is 0 Å². The molecule has 0 radical (unpaired) electrons. The van der Waals surface area contributed by atoms with Crippen LogP contribution in [0.1, 0.15) is 5.56 Å². The largest absolute Gasteiger partial charge is 0.482 e. The molecule has 3 aromatic carbocycles. The highest BCUT2D eigenvalue weighted by atomic mass is 35.5. The lowest BCUT2D eigenvalue weighted by atomic mass is 10.2. The Bertz CT molecular complexity index is 1370. The van der Waals surface area contributed by atoms with Gasteiger partial charge in [-0.25, -0.2) is 22.0 Å². The normalized spacial score (nSPS) is 11.6. The summed E-state index contributed by atoms with van der Waals surface area (Å²) in [7, 11) is -7.77. The SMILES string of the molecule is Cc1ccc(S(=O)(=O)Nc2cc(Cl)ccc2OCC(=O)Nc2ccc(S(N)(=O)=O)cc2)cc1. The average molecular weight is 510 g/mol. The van der Waals surface area contributed by atoms with Crippen LogP contribution in [0.4, 0.5) is 11.4 Å². The summed E-state index contributed by atoms with van der Waals surface area (Å²) in [4.78, 5) is 12.2. The van der Waals surface area contributed by atoms with E-state index in [0.29, 0.717) is 5.69 Å². The first-order valence-electron chi connectivity index (χ1n) is 9.38. The van der Waals surface area contributed by atoms with Crippen LogP contribution >= 0.6 is 11.6 Å². The number of hydrogen-bond donors (Lipinski definition) is 3. The highest BCUT2D eigenvalue weighted by Crippen LogP contribution is 2.30. The van der Waals surface area contributed by atoms with Gasteiger partial charge in [-0.1, -0.05) is 29.3 Å². The molecule has 174 valence electrons. The van der Waals surface area contributed by atoms with Crippen LogP contribution in [-0.2, 0) is 24.8 Å². The third-order valence-electron chi connectivity index (χ3n) is 4.34. The summed E-state index contributed by atoms with van der Waals surface area (Å²) < 4.78 is 55.9. The van der Waals surface area contributed by atoms with E-state index in [9.17, 15) is 21.6 Å². The Morgan fingerprint density at radius 1 is 0.939 bits per heavy atom. The van der Waals surface area contributed by atoms with Crippen LogP contribution in [0.25, 0.3) is 0 Å². The molecule has 9 nitrogen and oxygen atoms in total. The van der Waals surface area contributed by atoms with Crippen molar-refractivity contribution in [3.63, 3.8) is 0 Å². The van der Waals surface area contributed by atoms with E-state index in [1.165, 1.54) is 54.6 Å². The first-order valence-corrected chi connectivity index (χ1v) is 12.8. The second-order valence-electron chi connectivity index (χ2n) is 6.97. The molecule has 0 fully saturated rings. The fourth-order valence-electron chi connectivity index (χ4n) is 2.70. The first kappa shape index (κ1) is 24.5. The number of carbonyl (C=O) groups excluding carboxylic acids is 1. The lowest BCUT2D eigenvalue weighted by Crippen LogP contribution is -2.21. The van der Waals surface area contributed by atoms with Crippen LogP contribution in [0.3, 0.4) is 0 Å². The van der Waals surface area contributed by atoms with E-state index in [-0.39, 0.29) is 26.3 Å². The molecule has 33 heavy (non-hydrogen) atoms. The van der Waals surface area contributed by atoms with Gasteiger partial charge in [-0.3, -0.25) is 9.52 Å². The Morgan fingerprint density at radius 3 is 2.15 bits per heavy atom. The van der Waals surface area contributed by atoms with E-state index >= 15 is 0 Å². The van der Waals surface area contributed by atoms with E-state index in [4.69, 9.17) is 21.5 Å². The Balaban J connectivity index is 1.70. The maximum absolute atomic E-state index is 12.7. The number of benzene rings is 3. The minimum atomic E-state index is -3.92. The van der Waals surface area contributed by atoms with E-state index in [1.807, 2.05) is 6.92 Å². The summed E-state index contributed by atoms with van der Waals surface area (Å²) in [5, 5.41) is 7.84. The number of primary sulfonamides is 1. The maximum Gasteiger partial charge on any atom is 0.262 e. The van der Waals surface area contributed by atoms with Crippen molar-refractivity contribution in [1.82, 2.24) is 0 Å². The topological polar surface area (TPSA) is 145 Å². The van der Waals surface area contributed by atoms with Crippen molar-refractivity contribution in [2.75, 3.05) is 16.6 Å². The molecule has 0 aliphatic heterocycles. The smallest absolute Gasteiger partial charge is 0.262 e. The summed E-state index contributed by atoms with van der Waals surface area (Å²) in [5.41, 5.74) is 1.30. The number of carbonyl (C=O) groups is 1. The number of anilines is 2. The summed E-state index contributed by atoms with van der Waals surface area (Å²) in [6, 6.07) is 15.8. The molecule has 0 bridgehead atoms. The quantitative estimate of drug-likeness (QED) is 0.425. The van der Waals surface area contributed by atoms with Crippen LogP contribution < -0.4 is 19.9 Å². The molecule has 0 atom stereocenters. The van der Waals surface area contributed by atoms with Gasteiger partial charge in [0.05, 0.1) is 15.5 Å². The second kappa shape index (κ2) is 9.79. The van der Waals surface area contributed by atoms with Crippen molar-refractivity contribution < 1.29 is 26.4 Å². The number of nitrogens with one attached hydrogen (secondary N) is 2. The molecular weight excluding hydrogens is 490 g/mol. The van der Waals surface area contributed by atoms with E-state index in [0.717, 1.165) is 5.56 Å². The van der Waals surface area contributed by atoms with Gasteiger partial charge in [0.1, 0.15) is 5.75 Å². The number of ether oxygens (including phenoxy) is 1. The van der Waals surface area contributed by atoms with Gasteiger partial charge in [0.15, 0.2) is 6.61 Å². The van der Waals surface area contributed by atoms with Crippen molar-refractivity contribution in [2.24, 2.45) is 5.14 Å². The van der Waals surface area contributed by atoms with Crippen molar-refractivity contribution in [3.8, 4) is 5.75 Å². The number of rotatable bonds is 8. The first-order chi connectivity index (χ1) is 15.4. The summed E-state index contributed by atoms with van der Waals surface area (Å²) in [6.07, 6.45) is 0. The van der Waals surface area contributed by atoms with Gasteiger partial charge in [0, 0.05) is 10.7 Å². The molecule has 0 saturated heterocycles. The van der Waals surface area contributed by atoms with Crippen LogP contribution in [0.15, 0.2) is 76.5 Å². The number of halogens is 1. The monoisotopic (exact) mass is 509 g/mol. The van der Waals surface area contributed by atoms with E-state index in [1.54, 1.807) is 12.1 Å². The lowest BCUT2D eigenvalue weighted by Gasteiger charge is -2.14. The Hall–Kier alpha value is -3.12. The Morgan fingerprint density at radius 2 is 1.55 bits per heavy atom. The fraction of sp³-hybridized carbons (Fsp3) is 0.0952. The molecule has 0 saturated carbocycles. The standard InChI is InChI=1S/C21H20ClN3O6S2/c1-14-2-7-18(8-3-14)33(29,30)25-19-12-15(22)4-11-20(19)31-13-21(26)24-16-5-9-17(10-6-16)32(23,27)28/h2-12,25H,13H2,1H3,(H,24,26)(H2,23,27,28). The number of hydrogen-bond acceptors (Lipinski definition) is 6. The molecule has 0 heterocycles. The summed E-state index contributed by atoms with van der Waals surface area (Å²) in [6.45, 7) is 1.39. The zero-order chi connectivity index (χ0) is 24.2. The van der Waals surface area contributed by atoms with Crippen LogP contribution in [0.2, 0.25) is 5.02 Å². The number of amides is 1. The molecule has 0 aliphatic rings. The predicted octanol–water partition coefficient (Wildman–Crippen LogP) is 3.11. The summed E-state index contributed by atoms with van der Waals surface area (Å²) in [5.74, 6) is -0.463.